The van der Waals surface area contributed by atoms with E-state index in [0.717, 1.165) is 6.92 Å². The Morgan fingerprint density at radius 3 is 1.91 bits per heavy atom. The van der Waals surface area contributed by atoms with Gasteiger partial charge in [0.25, 0.3) is 0 Å². The average Bonchev–Trinajstić information content (AvgIpc) is 2.61. The number of halogens is 7. The van der Waals surface area contributed by atoms with Gasteiger partial charge in [-0.2, -0.15) is 30.7 Å². The number of ether oxygens (including phenoxy) is 2. The largest absolute Gasteiger partial charge is 0.743 e. The predicted octanol–water partition coefficient (Wildman–Crippen LogP) is 3.19. The van der Waals surface area contributed by atoms with E-state index in [1.807, 2.05) is 0 Å². The van der Waals surface area contributed by atoms with Gasteiger partial charge in [0.05, 0.1) is 6.61 Å². The highest BCUT2D eigenvalue weighted by molar-refractivity contribution is 7.86. The fourth-order valence-corrected chi connectivity index (χ4v) is 2.85. The smallest absolute Gasteiger partial charge is 0.466 e. The van der Waals surface area contributed by atoms with E-state index in [0.29, 0.717) is 4.90 Å². The molecule has 0 fully saturated rings. The van der Waals surface area contributed by atoms with Gasteiger partial charge in [0.1, 0.15) is 0 Å². The molecule has 0 bridgehead atoms. The molecule has 0 aromatic rings. The number of likely N-dealkylation sites (N-methyl/N-ethyl adjacent to an activating group) is 1. The number of hydrogen-bond acceptors (Lipinski definition) is 7. The molecule has 1 unspecified atom stereocenters. The zero-order valence-corrected chi connectivity index (χ0v) is 18.8. The molecule has 1 atom stereocenters. The van der Waals surface area contributed by atoms with Gasteiger partial charge in [-0.15, -0.1) is 0 Å². The second-order valence-corrected chi connectivity index (χ2v) is 8.52. The summed E-state index contributed by atoms with van der Waals surface area (Å²) in [4.78, 5) is 25.1. The summed E-state index contributed by atoms with van der Waals surface area (Å²) in [6.45, 7) is 6.08. The summed E-state index contributed by atoms with van der Waals surface area (Å²) in [5, 5.41) is -6.06. The van der Waals surface area contributed by atoms with Crippen LogP contribution < -0.4 is 0 Å². The molecule has 0 heterocycles. The van der Waals surface area contributed by atoms with E-state index in [1.54, 1.807) is 0 Å². The van der Waals surface area contributed by atoms with Crippen molar-refractivity contribution in [3.63, 3.8) is 0 Å². The molecular formula is C17H23F7NO7S-. The first-order valence-electron chi connectivity index (χ1n) is 9.20. The SMILES string of the molecule is C=C(C)C(=O)OC(OCCCC(F)(F)C(F)(F)S(=O)(=O)[O-])(C(=O)N(CC)C(C)C)C(F)(F)F. The molecule has 16 heteroatoms. The molecule has 0 aromatic carbocycles. The molecule has 0 rings (SSSR count). The predicted molar refractivity (Wildman–Crippen MR) is 97.0 cm³/mol. The van der Waals surface area contributed by atoms with E-state index >= 15 is 0 Å². The van der Waals surface area contributed by atoms with Crippen molar-refractivity contribution in [1.29, 1.82) is 0 Å². The molecule has 0 aliphatic heterocycles. The first kappa shape index (κ1) is 31.1. The number of nitrogens with zero attached hydrogens (tertiary/aromatic N) is 1. The number of hydrogen-bond donors (Lipinski definition) is 0. The molecule has 0 aromatic heterocycles. The fraction of sp³-hybridized carbons (Fsp3) is 0.765. The van der Waals surface area contributed by atoms with E-state index < -0.39 is 76.2 Å². The van der Waals surface area contributed by atoms with Crippen LogP contribution in [0.2, 0.25) is 0 Å². The van der Waals surface area contributed by atoms with E-state index in [9.17, 15) is 53.3 Å². The zero-order valence-electron chi connectivity index (χ0n) is 18.0. The van der Waals surface area contributed by atoms with Crippen molar-refractivity contribution >= 4 is 22.0 Å². The van der Waals surface area contributed by atoms with Crippen molar-refractivity contribution in [3.05, 3.63) is 12.2 Å². The van der Waals surface area contributed by atoms with Crippen LogP contribution in [0.15, 0.2) is 12.2 Å². The highest BCUT2D eigenvalue weighted by Crippen LogP contribution is 2.42. The van der Waals surface area contributed by atoms with Crippen LogP contribution >= 0.6 is 0 Å². The molecule has 0 N–H and O–H groups in total. The van der Waals surface area contributed by atoms with E-state index in [-0.39, 0.29) is 6.54 Å². The van der Waals surface area contributed by atoms with Crippen LogP contribution in [0.1, 0.15) is 40.5 Å². The number of alkyl halides is 7. The van der Waals surface area contributed by atoms with Crippen molar-refractivity contribution in [2.75, 3.05) is 13.2 Å². The van der Waals surface area contributed by atoms with Gasteiger partial charge in [-0.25, -0.2) is 13.2 Å². The van der Waals surface area contributed by atoms with E-state index in [2.05, 4.69) is 16.1 Å². The lowest BCUT2D eigenvalue weighted by Gasteiger charge is -2.38. The van der Waals surface area contributed by atoms with Gasteiger partial charge in [0, 0.05) is 24.6 Å². The number of carbonyl (C=O) groups excluding carboxylic acids is 2. The summed E-state index contributed by atoms with van der Waals surface area (Å²) in [5.41, 5.74) is -0.584. The quantitative estimate of drug-likeness (QED) is 0.0974. The van der Waals surface area contributed by atoms with E-state index in [4.69, 9.17) is 0 Å². The van der Waals surface area contributed by atoms with Crippen LogP contribution in [-0.4, -0.2) is 72.1 Å². The first-order valence-corrected chi connectivity index (χ1v) is 10.6. The van der Waals surface area contributed by atoms with Gasteiger partial charge in [-0.3, -0.25) is 4.79 Å². The summed E-state index contributed by atoms with van der Waals surface area (Å²) < 4.78 is 135. The minimum absolute atomic E-state index is 0.325. The van der Waals surface area contributed by atoms with Crippen LogP contribution in [0.5, 0.6) is 0 Å². The third kappa shape index (κ3) is 6.79. The highest BCUT2D eigenvalue weighted by Gasteiger charge is 2.68. The number of amides is 1. The van der Waals surface area contributed by atoms with Crippen LogP contribution in [0.25, 0.3) is 0 Å². The van der Waals surface area contributed by atoms with Gasteiger partial charge in [0.2, 0.25) is 0 Å². The van der Waals surface area contributed by atoms with Crippen molar-refractivity contribution < 1.29 is 62.8 Å². The Morgan fingerprint density at radius 1 is 1.09 bits per heavy atom. The molecule has 194 valence electrons. The Labute approximate surface area is 185 Å². The summed E-state index contributed by atoms with van der Waals surface area (Å²) in [5.74, 6) is -13.5. The molecule has 0 saturated heterocycles. The van der Waals surface area contributed by atoms with Crippen LogP contribution in [0.3, 0.4) is 0 Å². The summed E-state index contributed by atoms with van der Waals surface area (Å²) >= 11 is 0. The average molecular weight is 518 g/mol. The second-order valence-electron chi connectivity index (χ2n) is 7.10. The van der Waals surface area contributed by atoms with E-state index in [1.165, 1.54) is 20.8 Å². The van der Waals surface area contributed by atoms with Crippen molar-refractivity contribution in [3.8, 4) is 0 Å². The lowest BCUT2D eigenvalue weighted by Crippen LogP contribution is -2.63. The second kappa shape index (κ2) is 10.5. The molecule has 0 aliphatic carbocycles. The maximum absolute atomic E-state index is 13.9. The minimum atomic E-state index is -6.81. The molecule has 1 amide bonds. The maximum atomic E-state index is 13.9. The maximum Gasteiger partial charge on any atom is 0.466 e. The van der Waals surface area contributed by atoms with Crippen molar-refractivity contribution in [2.24, 2.45) is 0 Å². The van der Waals surface area contributed by atoms with Crippen LogP contribution in [0, 0.1) is 0 Å². The van der Waals surface area contributed by atoms with Gasteiger partial charge in [-0.05, 0) is 34.1 Å². The highest BCUT2D eigenvalue weighted by atomic mass is 32.2. The van der Waals surface area contributed by atoms with Gasteiger partial charge < -0.3 is 18.9 Å². The fourth-order valence-electron chi connectivity index (χ4n) is 2.38. The molecule has 33 heavy (non-hydrogen) atoms. The Morgan fingerprint density at radius 2 is 1.58 bits per heavy atom. The van der Waals surface area contributed by atoms with Crippen molar-refractivity contribution in [2.45, 2.75) is 69.7 Å². The van der Waals surface area contributed by atoms with Crippen LogP contribution in [-0.2, 0) is 29.2 Å². The molecule has 8 nitrogen and oxygen atoms in total. The Kier molecular flexibility index (Phi) is 9.93. The van der Waals surface area contributed by atoms with Crippen LogP contribution in [0.4, 0.5) is 30.7 Å². The number of esters is 1. The molecule has 0 spiro atoms. The normalized spacial score (nSPS) is 15.2. The third-order valence-corrected chi connectivity index (χ3v) is 5.07. The van der Waals surface area contributed by atoms with Crippen molar-refractivity contribution in [1.82, 2.24) is 4.90 Å². The third-order valence-electron chi connectivity index (χ3n) is 4.14. The molecular weight excluding hydrogens is 495 g/mol. The number of carbonyl (C=O) groups is 2. The molecule has 0 radical (unpaired) electrons. The summed E-state index contributed by atoms with van der Waals surface area (Å²) in [6.07, 6.45) is -9.26. The van der Waals surface area contributed by atoms with Gasteiger partial charge in [-0.1, -0.05) is 6.58 Å². The Balaban J connectivity index is 6.06. The molecule has 0 saturated carbocycles. The zero-order chi connectivity index (χ0) is 26.6. The minimum Gasteiger partial charge on any atom is -0.743 e. The van der Waals surface area contributed by atoms with Gasteiger partial charge in [0.15, 0.2) is 10.1 Å². The Bertz CT molecular complexity index is 843. The lowest BCUT2D eigenvalue weighted by atomic mass is 10.1. The molecule has 0 aliphatic rings. The topological polar surface area (TPSA) is 113 Å². The number of rotatable bonds is 12. The van der Waals surface area contributed by atoms with Gasteiger partial charge >= 0.3 is 35.0 Å². The monoisotopic (exact) mass is 518 g/mol. The lowest BCUT2D eigenvalue weighted by molar-refractivity contribution is -0.351. The Hall–Kier alpha value is -1.94. The first-order chi connectivity index (χ1) is 14.6. The summed E-state index contributed by atoms with van der Waals surface area (Å²) in [7, 11) is -6.81. The standard InChI is InChI=1S/C17H24F7NO7S/c1-6-25(11(4)5)13(27)15(16(20,21)22,32-12(26)10(2)3)31-9-7-8-14(18,19)17(23,24)33(28,29)30/h11H,2,6-9H2,1,3-5H3,(H,28,29,30)/p-1. The summed E-state index contributed by atoms with van der Waals surface area (Å²) in [6, 6.07) is -0.873.